The number of hydrogen-bond acceptors (Lipinski definition) is 6. The SMILES string of the molecule is COc1cccc(C2CCN(C(=O)OC(C)(C)C)CC2)c1Cc1c(OC)cccc1C1CCN(C(=O)OC(C)(C)C)CC1. The smallest absolute Gasteiger partial charge is 0.410 e. The van der Waals surface area contributed by atoms with Crippen LogP contribution in [0, 0.1) is 0 Å². The minimum Gasteiger partial charge on any atom is -0.496 e. The molecule has 2 amide bonds. The Morgan fingerprint density at radius 3 is 1.30 bits per heavy atom. The van der Waals surface area contributed by atoms with Gasteiger partial charge in [0.05, 0.1) is 14.2 Å². The van der Waals surface area contributed by atoms with Crippen LogP contribution in [0.3, 0.4) is 0 Å². The zero-order chi connectivity index (χ0) is 31.4. The standard InChI is InChI=1S/C35H50N2O6/c1-34(2,3)42-32(38)36-19-15-24(16-20-36)26-11-9-13-30(40-7)28(26)23-29-27(12-10-14-31(29)41-8)25-17-21-37(22-18-25)33(39)43-35(4,5)6/h9-14,24-25H,15-23H2,1-8H3. The van der Waals surface area contributed by atoms with Gasteiger partial charge in [-0.3, -0.25) is 0 Å². The molecule has 0 saturated carbocycles. The summed E-state index contributed by atoms with van der Waals surface area (Å²) in [4.78, 5) is 29.0. The summed E-state index contributed by atoms with van der Waals surface area (Å²) in [5.41, 5.74) is 3.84. The van der Waals surface area contributed by atoms with Gasteiger partial charge in [-0.05, 0) is 102 Å². The van der Waals surface area contributed by atoms with Crippen molar-refractivity contribution in [2.75, 3.05) is 40.4 Å². The Hall–Kier alpha value is -3.42. The van der Waals surface area contributed by atoms with Crippen LogP contribution in [0.1, 0.15) is 101 Å². The molecular weight excluding hydrogens is 544 g/mol. The first-order valence-corrected chi connectivity index (χ1v) is 15.6. The van der Waals surface area contributed by atoms with Gasteiger partial charge in [0.25, 0.3) is 0 Å². The van der Waals surface area contributed by atoms with E-state index >= 15 is 0 Å². The number of nitrogens with zero attached hydrogens (tertiary/aromatic N) is 2. The second-order valence-corrected chi connectivity index (χ2v) is 13.7. The van der Waals surface area contributed by atoms with Gasteiger partial charge in [0.2, 0.25) is 0 Å². The van der Waals surface area contributed by atoms with Crippen molar-refractivity contribution < 1.29 is 28.5 Å². The molecule has 0 N–H and O–H groups in total. The van der Waals surface area contributed by atoms with E-state index in [1.54, 1.807) is 14.2 Å². The number of benzene rings is 2. The largest absolute Gasteiger partial charge is 0.496 e. The van der Waals surface area contributed by atoms with E-state index < -0.39 is 11.2 Å². The Morgan fingerprint density at radius 2 is 1.00 bits per heavy atom. The second-order valence-electron chi connectivity index (χ2n) is 13.7. The lowest BCUT2D eigenvalue weighted by Gasteiger charge is -2.35. The number of rotatable bonds is 6. The molecule has 2 saturated heterocycles. The van der Waals surface area contributed by atoms with Crippen LogP contribution in [0.5, 0.6) is 11.5 Å². The van der Waals surface area contributed by atoms with Crippen LogP contribution in [0.15, 0.2) is 36.4 Å². The van der Waals surface area contributed by atoms with Gasteiger partial charge in [-0.25, -0.2) is 9.59 Å². The van der Waals surface area contributed by atoms with E-state index in [2.05, 4.69) is 24.3 Å². The molecule has 8 heteroatoms. The van der Waals surface area contributed by atoms with Crippen molar-refractivity contribution in [3.05, 3.63) is 58.7 Å². The van der Waals surface area contributed by atoms with Gasteiger partial charge in [-0.1, -0.05) is 24.3 Å². The molecule has 0 aromatic heterocycles. The molecule has 8 nitrogen and oxygen atoms in total. The number of likely N-dealkylation sites (tertiary alicyclic amines) is 2. The average Bonchev–Trinajstić information content (AvgIpc) is 2.95. The molecular formula is C35H50N2O6. The van der Waals surface area contributed by atoms with Gasteiger partial charge in [-0.15, -0.1) is 0 Å². The van der Waals surface area contributed by atoms with E-state index in [0.29, 0.717) is 44.4 Å². The summed E-state index contributed by atoms with van der Waals surface area (Å²) in [6, 6.07) is 12.6. The topological polar surface area (TPSA) is 77.5 Å². The highest BCUT2D eigenvalue weighted by Crippen LogP contribution is 2.41. The van der Waals surface area contributed by atoms with Crippen molar-refractivity contribution in [1.29, 1.82) is 0 Å². The fourth-order valence-corrected chi connectivity index (χ4v) is 6.27. The first-order valence-electron chi connectivity index (χ1n) is 15.6. The summed E-state index contributed by atoms with van der Waals surface area (Å²) in [5.74, 6) is 2.34. The highest BCUT2D eigenvalue weighted by Gasteiger charge is 2.32. The third kappa shape index (κ3) is 8.36. The zero-order valence-electron chi connectivity index (χ0n) is 27.3. The molecule has 0 bridgehead atoms. The van der Waals surface area contributed by atoms with E-state index in [1.165, 1.54) is 11.1 Å². The first-order chi connectivity index (χ1) is 20.3. The van der Waals surface area contributed by atoms with Gasteiger partial charge in [0, 0.05) is 43.7 Å². The molecule has 43 heavy (non-hydrogen) atoms. The Bertz CT molecular complexity index is 1160. The summed E-state index contributed by atoms with van der Waals surface area (Å²) in [5, 5.41) is 0. The predicted octanol–water partition coefficient (Wildman–Crippen LogP) is 7.52. The number of amides is 2. The van der Waals surface area contributed by atoms with Crippen LogP contribution in [0.2, 0.25) is 0 Å². The predicted molar refractivity (Wildman–Crippen MR) is 168 cm³/mol. The minimum absolute atomic E-state index is 0.242. The molecule has 0 aliphatic carbocycles. The molecule has 0 atom stereocenters. The summed E-state index contributed by atoms with van der Waals surface area (Å²) in [6.07, 6.45) is 3.64. The fourth-order valence-electron chi connectivity index (χ4n) is 6.27. The number of carbonyl (C=O) groups is 2. The Balaban J connectivity index is 1.56. The van der Waals surface area contributed by atoms with Gasteiger partial charge in [0.1, 0.15) is 22.7 Å². The monoisotopic (exact) mass is 594 g/mol. The number of hydrogen-bond donors (Lipinski definition) is 0. The lowest BCUT2D eigenvalue weighted by molar-refractivity contribution is 0.0194. The maximum Gasteiger partial charge on any atom is 0.410 e. The molecule has 2 aliphatic heterocycles. The molecule has 0 radical (unpaired) electrons. The molecule has 236 valence electrons. The maximum atomic E-state index is 12.7. The van der Waals surface area contributed by atoms with Crippen molar-refractivity contribution >= 4 is 12.2 Å². The highest BCUT2D eigenvalue weighted by molar-refractivity contribution is 5.69. The van der Waals surface area contributed by atoms with Crippen LogP contribution in [0.25, 0.3) is 0 Å². The van der Waals surface area contributed by atoms with E-state index in [4.69, 9.17) is 18.9 Å². The van der Waals surface area contributed by atoms with E-state index in [9.17, 15) is 9.59 Å². The molecule has 0 spiro atoms. The van der Waals surface area contributed by atoms with Crippen molar-refractivity contribution in [3.63, 3.8) is 0 Å². The lowest BCUT2D eigenvalue weighted by atomic mass is 9.81. The van der Waals surface area contributed by atoms with Gasteiger partial charge >= 0.3 is 12.2 Å². The summed E-state index contributed by atoms with van der Waals surface area (Å²) in [6.45, 7) is 14.0. The number of carbonyl (C=O) groups excluding carboxylic acids is 2. The van der Waals surface area contributed by atoms with Crippen LogP contribution >= 0.6 is 0 Å². The lowest BCUT2D eigenvalue weighted by Crippen LogP contribution is -2.41. The normalized spacial score (nSPS) is 17.0. The molecule has 0 unspecified atom stereocenters. The van der Waals surface area contributed by atoms with Crippen LogP contribution in [0.4, 0.5) is 9.59 Å². The minimum atomic E-state index is -0.507. The Kier molecular flexibility index (Phi) is 10.2. The summed E-state index contributed by atoms with van der Waals surface area (Å²) < 4.78 is 23.1. The van der Waals surface area contributed by atoms with Gasteiger partial charge in [0.15, 0.2) is 0 Å². The second kappa shape index (κ2) is 13.5. The zero-order valence-corrected chi connectivity index (χ0v) is 27.3. The van der Waals surface area contributed by atoms with Crippen LogP contribution in [-0.4, -0.2) is 73.6 Å². The molecule has 2 aliphatic rings. The average molecular weight is 595 g/mol. The number of methoxy groups -OCH3 is 2. The molecule has 2 fully saturated rings. The van der Waals surface area contributed by atoms with Crippen molar-refractivity contribution in [2.24, 2.45) is 0 Å². The van der Waals surface area contributed by atoms with E-state index in [0.717, 1.165) is 48.3 Å². The highest BCUT2D eigenvalue weighted by atomic mass is 16.6. The van der Waals surface area contributed by atoms with Crippen molar-refractivity contribution in [3.8, 4) is 11.5 Å². The molecule has 2 aromatic rings. The number of ether oxygens (including phenoxy) is 4. The Labute approximate surface area is 257 Å². The first kappa shape index (κ1) is 32.5. The van der Waals surface area contributed by atoms with Crippen LogP contribution < -0.4 is 9.47 Å². The third-order valence-corrected chi connectivity index (χ3v) is 8.30. The molecule has 2 aromatic carbocycles. The van der Waals surface area contributed by atoms with E-state index in [-0.39, 0.29) is 12.2 Å². The van der Waals surface area contributed by atoms with E-state index in [1.807, 2.05) is 63.5 Å². The third-order valence-electron chi connectivity index (χ3n) is 8.30. The quantitative estimate of drug-likeness (QED) is 0.344. The van der Waals surface area contributed by atoms with Gasteiger partial charge < -0.3 is 28.7 Å². The molecule has 4 rings (SSSR count). The summed E-state index contributed by atoms with van der Waals surface area (Å²) in [7, 11) is 3.45. The fraction of sp³-hybridized carbons (Fsp3) is 0.600. The van der Waals surface area contributed by atoms with Crippen LogP contribution in [-0.2, 0) is 15.9 Å². The Morgan fingerprint density at radius 1 is 0.651 bits per heavy atom. The molecule has 2 heterocycles. The van der Waals surface area contributed by atoms with Crippen molar-refractivity contribution in [2.45, 2.75) is 96.7 Å². The maximum absolute atomic E-state index is 12.7. The van der Waals surface area contributed by atoms with Gasteiger partial charge in [-0.2, -0.15) is 0 Å². The summed E-state index contributed by atoms with van der Waals surface area (Å²) >= 11 is 0. The van der Waals surface area contributed by atoms with Crippen molar-refractivity contribution in [1.82, 2.24) is 9.80 Å². The number of piperidine rings is 2.